The summed E-state index contributed by atoms with van der Waals surface area (Å²) in [6.07, 6.45) is 4.45. The van der Waals surface area contributed by atoms with E-state index in [4.69, 9.17) is 5.41 Å². The molecule has 2 fully saturated rings. The molecular formula is C11H19N. The van der Waals surface area contributed by atoms with Crippen LogP contribution in [0.4, 0.5) is 0 Å². The van der Waals surface area contributed by atoms with Crippen molar-refractivity contribution in [3.05, 3.63) is 0 Å². The summed E-state index contributed by atoms with van der Waals surface area (Å²) in [4.78, 5) is 0. The van der Waals surface area contributed by atoms with Gasteiger partial charge >= 0.3 is 0 Å². The van der Waals surface area contributed by atoms with Crippen molar-refractivity contribution < 1.29 is 0 Å². The van der Waals surface area contributed by atoms with Crippen molar-refractivity contribution in [2.75, 3.05) is 0 Å². The number of rotatable bonds is 3. The molecule has 0 heterocycles. The van der Waals surface area contributed by atoms with Crippen LogP contribution >= 0.6 is 0 Å². The van der Waals surface area contributed by atoms with Gasteiger partial charge in [-0.15, -0.1) is 0 Å². The highest BCUT2D eigenvalue weighted by Gasteiger charge is 2.60. The van der Waals surface area contributed by atoms with Crippen molar-refractivity contribution in [2.24, 2.45) is 29.1 Å². The van der Waals surface area contributed by atoms with Gasteiger partial charge in [-0.1, -0.05) is 20.8 Å². The van der Waals surface area contributed by atoms with E-state index in [1.165, 1.54) is 12.8 Å². The van der Waals surface area contributed by atoms with E-state index in [-0.39, 0.29) is 0 Å². The number of nitrogens with one attached hydrogen (secondary N) is 1. The van der Waals surface area contributed by atoms with Gasteiger partial charge in [0.2, 0.25) is 0 Å². The molecule has 0 aromatic carbocycles. The highest BCUT2D eigenvalue weighted by atomic mass is 14.7. The van der Waals surface area contributed by atoms with Gasteiger partial charge in [0.25, 0.3) is 0 Å². The van der Waals surface area contributed by atoms with Crippen molar-refractivity contribution in [2.45, 2.75) is 33.6 Å². The minimum atomic E-state index is 0.496. The lowest BCUT2D eigenvalue weighted by molar-refractivity contribution is 0.393. The largest absolute Gasteiger partial charge is 0.313 e. The Hall–Kier alpha value is -0.330. The van der Waals surface area contributed by atoms with E-state index >= 15 is 0 Å². The van der Waals surface area contributed by atoms with E-state index in [9.17, 15) is 0 Å². The Labute approximate surface area is 75.1 Å². The minimum absolute atomic E-state index is 0.496. The van der Waals surface area contributed by atoms with Crippen LogP contribution in [0.15, 0.2) is 0 Å². The van der Waals surface area contributed by atoms with Crippen molar-refractivity contribution in [1.29, 1.82) is 5.41 Å². The molecule has 2 aliphatic carbocycles. The Morgan fingerprint density at radius 1 is 1.58 bits per heavy atom. The molecular weight excluding hydrogens is 146 g/mol. The molecule has 5 atom stereocenters. The maximum atomic E-state index is 7.28. The summed E-state index contributed by atoms with van der Waals surface area (Å²) in [5.74, 6) is 3.44. The van der Waals surface area contributed by atoms with Crippen LogP contribution in [0.25, 0.3) is 0 Å². The van der Waals surface area contributed by atoms with E-state index in [2.05, 4.69) is 20.8 Å². The fourth-order valence-corrected chi connectivity index (χ4v) is 2.68. The van der Waals surface area contributed by atoms with Gasteiger partial charge < -0.3 is 5.41 Å². The highest BCUT2D eigenvalue weighted by Crippen LogP contribution is 2.67. The quantitative estimate of drug-likeness (QED) is 0.622. The molecule has 1 heteroatoms. The van der Waals surface area contributed by atoms with Crippen LogP contribution in [0, 0.1) is 34.5 Å². The van der Waals surface area contributed by atoms with Gasteiger partial charge in [-0.05, 0) is 48.1 Å². The average Bonchev–Trinajstić information content (AvgIpc) is 2.89. The Bertz CT molecular complexity index is 211. The minimum Gasteiger partial charge on any atom is -0.313 e. The highest BCUT2D eigenvalue weighted by molar-refractivity contribution is 5.58. The van der Waals surface area contributed by atoms with Gasteiger partial charge in [0.15, 0.2) is 0 Å². The molecule has 68 valence electrons. The van der Waals surface area contributed by atoms with Crippen molar-refractivity contribution in [3.63, 3.8) is 0 Å². The van der Waals surface area contributed by atoms with E-state index in [1.54, 1.807) is 6.21 Å². The molecule has 12 heavy (non-hydrogen) atoms. The normalized spacial score (nSPS) is 53.1. The van der Waals surface area contributed by atoms with Crippen LogP contribution in [-0.2, 0) is 0 Å². The second kappa shape index (κ2) is 2.34. The molecule has 1 nitrogen and oxygen atoms in total. The summed E-state index contributed by atoms with van der Waals surface area (Å²) >= 11 is 0. The van der Waals surface area contributed by atoms with E-state index < -0.39 is 0 Å². The second-order valence-electron chi connectivity index (χ2n) is 5.15. The standard InChI is InChI=1S/C11H19N/c1-7-4-9(7)10-5-11(10,3)8(2)6-12/h6-10,12H,4-5H2,1-3H3. The van der Waals surface area contributed by atoms with Crippen LogP contribution in [0.5, 0.6) is 0 Å². The zero-order valence-electron chi connectivity index (χ0n) is 8.30. The Balaban J connectivity index is 1.96. The van der Waals surface area contributed by atoms with Gasteiger partial charge in [-0.3, -0.25) is 0 Å². The first-order valence-electron chi connectivity index (χ1n) is 5.10. The lowest BCUT2D eigenvalue weighted by Gasteiger charge is -2.15. The Kier molecular flexibility index (Phi) is 1.61. The molecule has 0 saturated heterocycles. The van der Waals surface area contributed by atoms with E-state index in [0.29, 0.717) is 11.3 Å². The van der Waals surface area contributed by atoms with Crippen molar-refractivity contribution in [1.82, 2.24) is 0 Å². The Morgan fingerprint density at radius 2 is 2.17 bits per heavy atom. The SMILES string of the molecule is CC1CC1C1CC1(C)C(C)C=N. The molecule has 2 rings (SSSR count). The molecule has 0 aromatic rings. The molecule has 0 bridgehead atoms. The first kappa shape index (κ1) is 8.28. The summed E-state index contributed by atoms with van der Waals surface area (Å²) in [7, 11) is 0. The molecule has 5 unspecified atom stereocenters. The lowest BCUT2D eigenvalue weighted by atomic mass is 9.90. The molecule has 0 aromatic heterocycles. The molecule has 0 aliphatic heterocycles. The van der Waals surface area contributed by atoms with Gasteiger partial charge in [-0.25, -0.2) is 0 Å². The van der Waals surface area contributed by atoms with Crippen molar-refractivity contribution in [3.8, 4) is 0 Å². The summed E-state index contributed by atoms with van der Waals surface area (Å²) in [5.41, 5.74) is 0.497. The van der Waals surface area contributed by atoms with Crippen LogP contribution in [-0.4, -0.2) is 6.21 Å². The summed E-state index contributed by atoms with van der Waals surface area (Å²) in [5, 5.41) is 7.28. The number of hydrogen-bond donors (Lipinski definition) is 1. The van der Waals surface area contributed by atoms with Crippen LogP contribution in [0.1, 0.15) is 33.6 Å². The van der Waals surface area contributed by atoms with Gasteiger partial charge in [0, 0.05) is 0 Å². The molecule has 0 radical (unpaired) electrons. The zero-order valence-corrected chi connectivity index (χ0v) is 8.30. The third kappa shape index (κ3) is 1.02. The summed E-state index contributed by atoms with van der Waals surface area (Å²) in [6.45, 7) is 6.91. The average molecular weight is 165 g/mol. The third-order valence-corrected chi connectivity index (χ3v) is 4.33. The predicted octanol–water partition coefficient (Wildman–Crippen LogP) is 2.95. The first-order valence-corrected chi connectivity index (χ1v) is 5.10. The molecule has 0 amide bonds. The van der Waals surface area contributed by atoms with Gasteiger partial charge in [0.1, 0.15) is 0 Å². The topological polar surface area (TPSA) is 23.9 Å². The summed E-state index contributed by atoms with van der Waals surface area (Å²) in [6, 6.07) is 0. The fraction of sp³-hybridized carbons (Fsp3) is 0.909. The molecule has 2 aliphatic rings. The van der Waals surface area contributed by atoms with Crippen LogP contribution in [0.3, 0.4) is 0 Å². The molecule has 2 saturated carbocycles. The maximum absolute atomic E-state index is 7.28. The Morgan fingerprint density at radius 3 is 2.58 bits per heavy atom. The van der Waals surface area contributed by atoms with Gasteiger partial charge in [-0.2, -0.15) is 0 Å². The fourth-order valence-electron chi connectivity index (χ4n) is 2.68. The molecule has 0 spiro atoms. The maximum Gasteiger partial charge on any atom is -0.00139 e. The second-order valence-corrected chi connectivity index (χ2v) is 5.15. The monoisotopic (exact) mass is 165 g/mol. The lowest BCUT2D eigenvalue weighted by Crippen LogP contribution is -2.13. The van der Waals surface area contributed by atoms with Gasteiger partial charge in [0.05, 0.1) is 0 Å². The first-order chi connectivity index (χ1) is 5.59. The van der Waals surface area contributed by atoms with Crippen LogP contribution < -0.4 is 0 Å². The third-order valence-electron chi connectivity index (χ3n) is 4.33. The van der Waals surface area contributed by atoms with Crippen LogP contribution in [0.2, 0.25) is 0 Å². The zero-order chi connectivity index (χ0) is 8.93. The summed E-state index contributed by atoms with van der Waals surface area (Å²) < 4.78 is 0. The van der Waals surface area contributed by atoms with Crippen molar-refractivity contribution >= 4 is 6.21 Å². The number of hydrogen-bond acceptors (Lipinski definition) is 1. The predicted molar refractivity (Wildman–Crippen MR) is 51.4 cm³/mol. The molecule has 1 N–H and O–H groups in total. The van der Waals surface area contributed by atoms with E-state index in [0.717, 1.165) is 17.8 Å². The smallest absolute Gasteiger partial charge is 0.00139 e. The van der Waals surface area contributed by atoms with E-state index in [1.807, 2.05) is 0 Å².